The van der Waals surface area contributed by atoms with Gasteiger partial charge in [-0.25, -0.2) is 4.68 Å². The number of hydrogen-bond donors (Lipinski definition) is 4. The lowest BCUT2D eigenvalue weighted by atomic mass is 10.1. The first-order chi connectivity index (χ1) is 17.3. The Bertz CT molecular complexity index is 1470. The van der Waals surface area contributed by atoms with Gasteiger partial charge in [0.05, 0.1) is 29.2 Å². The Morgan fingerprint density at radius 3 is 2.44 bits per heavy atom. The normalized spacial score (nSPS) is 11.6. The number of phenolic OH excluding ortho intramolecular Hbond substituents is 1. The van der Waals surface area contributed by atoms with Gasteiger partial charge in [-0.05, 0) is 42.8 Å². The second-order valence-corrected chi connectivity index (χ2v) is 8.31. The molecule has 0 saturated heterocycles. The highest BCUT2D eigenvalue weighted by atomic mass is 16.3. The Hall–Kier alpha value is -4.73. The second kappa shape index (κ2) is 10.3. The molecule has 1 unspecified atom stereocenters. The standard InChI is InChI=1S/C26H27N5O5/c1-4-18(20-14-9-15-36-20)27-21-22(26(35)31(29-24(21)33)16-10-6-5-7-11-16)28-19-13-8-12-17(23(19)32)25(34)30(2)3/h5-15,18,27-28,32H,4H2,1-3H3,(H,29,33). The molecule has 1 amide bonds. The number of H-pyrrole nitrogens is 1. The van der Waals surface area contributed by atoms with Gasteiger partial charge >= 0.3 is 0 Å². The summed E-state index contributed by atoms with van der Waals surface area (Å²) >= 11 is 0. The van der Waals surface area contributed by atoms with Crippen molar-refractivity contribution in [2.24, 2.45) is 0 Å². The number of carbonyl (C=O) groups is 1. The molecule has 186 valence electrons. The summed E-state index contributed by atoms with van der Waals surface area (Å²) in [6.07, 6.45) is 2.09. The van der Waals surface area contributed by atoms with E-state index in [1.807, 2.05) is 6.92 Å². The minimum atomic E-state index is -0.568. The molecule has 36 heavy (non-hydrogen) atoms. The molecule has 2 heterocycles. The first-order valence-corrected chi connectivity index (χ1v) is 11.4. The van der Waals surface area contributed by atoms with E-state index in [4.69, 9.17) is 4.42 Å². The van der Waals surface area contributed by atoms with Crippen molar-refractivity contribution in [1.82, 2.24) is 14.7 Å². The van der Waals surface area contributed by atoms with Crippen LogP contribution in [0.1, 0.15) is 35.5 Å². The minimum absolute atomic E-state index is 0.0285. The zero-order chi connectivity index (χ0) is 25.8. The Labute approximate surface area is 206 Å². The number of nitrogens with one attached hydrogen (secondary N) is 3. The van der Waals surface area contributed by atoms with E-state index in [9.17, 15) is 19.5 Å². The van der Waals surface area contributed by atoms with Crippen LogP contribution in [0.4, 0.5) is 17.1 Å². The highest BCUT2D eigenvalue weighted by Crippen LogP contribution is 2.32. The third-order valence-electron chi connectivity index (χ3n) is 5.67. The fourth-order valence-corrected chi connectivity index (χ4v) is 3.78. The summed E-state index contributed by atoms with van der Waals surface area (Å²) in [5.74, 6) is -0.159. The van der Waals surface area contributed by atoms with E-state index >= 15 is 0 Å². The predicted octanol–water partition coefficient (Wildman–Crippen LogP) is 3.83. The first-order valence-electron chi connectivity index (χ1n) is 11.4. The van der Waals surface area contributed by atoms with Crippen LogP contribution in [0.25, 0.3) is 5.69 Å². The van der Waals surface area contributed by atoms with Crippen LogP contribution in [0.2, 0.25) is 0 Å². The van der Waals surface area contributed by atoms with Crippen molar-refractivity contribution in [2.75, 3.05) is 24.7 Å². The van der Waals surface area contributed by atoms with Crippen LogP contribution in [0, 0.1) is 0 Å². The number of anilines is 3. The third kappa shape index (κ3) is 4.74. The summed E-state index contributed by atoms with van der Waals surface area (Å²) in [6, 6.07) is 16.3. The van der Waals surface area contributed by atoms with Crippen molar-refractivity contribution in [2.45, 2.75) is 19.4 Å². The van der Waals surface area contributed by atoms with Gasteiger partial charge in [-0.1, -0.05) is 31.2 Å². The van der Waals surface area contributed by atoms with Crippen molar-refractivity contribution in [1.29, 1.82) is 0 Å². The van der Waals surface area contributed by atoms with Gasteiger partial charge in [0, 0.05) is 14.1 Å². The molecule has 0 saturated carbocycles. The van der Waals surface area contributed by atoms with E-state index in [0.717, 1.165) is 4.68 Å². The van der Waals surface area contributed by atoms with E-state index in [1.54, 1.807) is 62.6 Å². The summed E-state index contributed by atoms with van der Waals surface area (Å²) in [5.41, 5.74) is -0.661. The summed E-state index contributed by atoms with van der Waals surface area (Å²) in [7, 11) is 3.14. The van der Waals surface area contributed by atoms with Gasteiger partial charge in [-0.2, -0.15) is 0 Å². The second-order valence-electron chi connectivity index (χ2n) is 8.31. The molecule has 0 aliphatic heterocycles. The van der Waals surface area contributed by atoms with Crippen LogP contribution in [0.5, 0.6) is 5.75 Å². The Morgan fingerprint density at radius 2 is 1.81 bits per heavy atom. The van der Waals surface area contributed by atoms with Crippen LogP contribution in [0.15, 0.2) is 80.9 Å². The van der Waals surface area contributed by atoms with Gasteiger partial charge in [0.2, 0.25) is 0 Å². The lowest BCUT2D eigenvalue weighted by molar-refractivity contribution is 0.0824. The molecule has 0 aliphatic rings. The van der Waals surface area contributed by atoms with E-state index in [1.165, 1.54) is 23.3 Å². The van der Waals surface area contributed by atoms with Gasteiger partial charge in [-0.15, -0.1) is 0 Å². The smallest absolute Gasteiger partial charge is 0.295 e. The number of hydrogen-bond acceptors (Lipinski definition) is 7. The number of nitrogens with zero attached hydrogens (tertiary/aromatic N) is 2. The maximum atomic E-state index is 13.7. The molecule has 4 aromatic rings. The van der Waals surface area contributed by atoms with E-state index in [0.29, 0.717) is 17.9 Å². The average Bonchev–Trinajstić information content (AvgIpc) is 3.41. The molecule has 4 N–H and O–H groups in total. The Balaban J connectivity index is 1.87. The number of benzene rings is 2. The Kier molecular flexibility index (Phi) is 6.95. The third-order valence-corrected chi connectivity index (χ3v) is 5.67. The maximum absolute atomic E-state index is 13.7. The lowest BCUT2D eigenvalue weighted by Gasteiger charge is -2.20. The average molecular weight is 490 g/mol. The number of phenols is 1. The van der Waals surface area contributed by atoms with Crippen LogP contribution in [0.3, 0.4) is 0 Å². The fourth-order valence-electron chi connectivity index (χ4n) is 3.78. The molecule has 0 radical (unpaired) electrons. The van der Waals surface area contributed by atoms with Crippen LogP contribution in [-0.4, -0.2) is 39.8 Å². The number of amides is 1. The molecule has 0 spiro atoms. The summed E-state index contributed by atoms with van der Waals surface area (Å²) in [4.78, 5) is 40.8. The fraction of sp³-hybridized carbons (Fsp3) is 0.192. The van der Waals surface area contributed by atoms with E-state index in [-0.39, 0.29) is 28.4 Å². The predicted molar refractivity (Wildman–Crippen MR) is 137 cm³/mol. The highest BCUT2D eigenvalue weighted by molar-refractivity contribution is 5.98. The zero-order valence-corrected chi connectivity index (χ0v) is 20.1. The lowest BCUT2D eigenvalue weighted by Crippen LogP contribution is -2.33. The minimum Gasteiger partial charge on any atom is -0.505 e. The van der Waals surface area contributed by atoms with Crippen LogP contribution >= 0.6 is 0 Å². The number of furan rings is 1. The van der Waals surface area contributed by atoms with Crippen molar-refractivity contribution in [3.05, 3.63) is 99.0 Å². The van der Waals surface area contributed by atoms with Crippen molar-refractivity contribution in [3.63, 3.8) is 0 Å². The van der Waals surface area contributed by atoms with Gasteiger partial charge in [0.15, 0.2) is 5.75 Å². The van der Waals surface area contributed by atoms with E-state index in [2.05, 4.69) is 15.7 Å². The number of rotatable bonds is 8. The number of aromatic amines is 1. The van der Waals surface area contributed by atoms with E-state index < -0.39 is 23.1 Å². The molecule has 4 rings (SSSR count). The quantitative estimate of drug-likeness (QED) is 0.277. The molecule has 10 heteroatoms. The topological polar surface area (TPSA) is 133 Å². The van der Waals surface area contributed by atoms with Crippen LogP contribution in [-0.2, 0) is 0 Å². The SMILES string of the molecule is CCC(Nc1c(Nc2cccc(C(=O)N(C)C)c2O)c(=O)n(-c2ccccc2)[nH]c1=O)c1ccco1. The van der Waals surface area contributed by atoms with Gasteiger partial charge in [0.1, 0.15) is 17.1 Å². The molecule has 0 fully saturated rings. The highest BCUT2D eigenvalue weighted by Gasteiger charge is 2.23. The molecule has 2 aromatic carbocycles. The maximum Gasteiger partial charge on any atom is 0.295 e. The van der Waals surface area contributed by atoms with Gasteiger partial charge in [-0.3, -0.25) is 19.5 Å². The molecule has 0 aliphatic carbocycles. The molecular weight excluding hydrogens is 462 g/mol. The zero-order valence-electron chi connectivity index (χ0n) is 20.1. The monoisotopic (exact) mass is 489 g/mol. The molecule has 10 nitrogen and oxygen atoms in total. The summed E-state index contributed by atoms with van der Waals surface area (Å²) < 4.78 is 6.62. The van der Waals surface area contributed by atoms with Crippen LogP contribution < -0.4 is 21.8 Å². The molecular formula is C26H27N5O5. The molecule has 1 atom stereocenters. The first kappa shape index (κ1) is 24.4. The van der Waals surface area contributed by atoms with Gasteiger partial charge < -0.3 is 25.1 Å². The molecule has 0 bridgehead atoms. The largest absolute Gasteiger partial charge is 0.505 e. The number of para-hydroxylation sites is 2. The van der Waals surface area contributed by atoms with Crippen molar-refractivity contribution >= 4 is 23.0 Å². The van der Waals surface area contributed by atoms with Gasteiger partial charge in [0.25, 0.3) is 17.0 Å². The summed E-state index contributed by atoms with van der Waals surface area (Å²) in [6.45, 7) is 1.91. The number of aromatic hydroxyl groups is 1. The number of aromatic nitrogens is 2. The Morgan fingerprint density at radius 1 is 1.06 bits per heavy atom. The van der Waals surface area contributed by atoms with Crippen molar-refractivity contribution in [3.8, 4) is 11.4 Å². The summed E-state index contributed by atoms with van der Waals surface area (Å²) in [5, 5.41) is 19.5. The number of carbonyl (C=O) groups excluding carboxylic acids is 1. The molecule has 2 aromatic heterocycles. The van der Waals surface area contributed by atoms with Crippen molar-refractivity contribution < 1.29 is 14.3 Å².